The highest BCUT2D eigenvalue weighted by Gasteiger charge is 2.22. The zero-order valence-electron chi connectivity index (χ0n) is 5.47. The van der Waals surface area contributed by atoms with Crippen molar-refractivity contribution in [2.24, 2.45) is 0 Å². The van der Waals surface area contributed by atoms with Gasteiger partial charge in [0.1, 0.15) is 0 Å². The molecule has 7 nitrogen and oxygen atoms in total. The van der Waals surface area contributed by atoms with Gasteiger partial charge in [0.05, 0.1) is 0 Å². The monoisotopic (exact) mass is 203 g/mol. The number of amides is 1. The number of carbonyl (C=O) groups excluding carboxylic acids is 1. The molecule has 66 valence electrons. The fourth-order valence-corrected chi connectivity index (χ4v) is 1.75. The van der Waals surface area contributed by atoms with E-state index in [2.05, 4.69) is 4.31 Å². The molecule has 2 unspecified atom stereocenters. The van der Waals surface area contributed by atoms with Crippen molar-refractivity contribution >= 4 is 21.9 Å². The smallest absolute Gasteiger partial charge is 0.326 e. The van der Waals surface area contributed by atoms with Gasteiger partial charge in [0.2, 0.25) is 5.91 Å². The Morgan fingerprint density at radius 1 is 1.73 bits per heavy atom. The molecule has 0 aliphatic heterocycles. The van der Waals surface area contributed by atoms with E-state index in [1.807, 2.05) is 0 Å². The summed E-state index contributed by atoms with van der Waals surface area (Å²) in [6.45, 7) is 0.973. The van der Waals surface area contributed by atoms with Crippen molar-refractivity contribution in [2.45, 2.75) is 6.92 Å². The van der Waals surface area contributed by atoms with Crippen molar-refractivity contribution < 1.29 is 28.0 Å². The number of rotatable bonds is 3. The first kappa shape index (κ1) is 10.8. The molecule has 0 spiro atoms. The van der Waals surface area contributed by atoms with Crippen molar-refractivity contribution in [1.82, 2.24) is 5.09 Å². The Balaban J connectivity index is 4.12. The molecular weight excluding hydrogens is 196 g/mol. The lowest BCUT2D eigenvalue weighted by molar-refractivity contribution is -0.117. The molecule has 0 aromatic rings. The van der Waals surface area contributed by atoms with Crippen molar-refractivity contribution in [1.29, 1.82) is 0 Å². The van der Waals surface area contributed by atoms with Gasteiger partial charge in [0, 0.05) is 6.92 Å². The molecule has 9 heteroatoms. The summed E-state index contributed by atoms with van der Waals surface area (Å²) in [7, 11) is -7.94. The van der Waals surface area contributed by atoms with Crippen molar-refractivity contribution in [3.63, 3.8) is 0 Å². The molecule has 0 aliphatic carbocycles. The largest absolute Gasteiger partial charge is 0.439 e. The molecule has 11 heavy (non-hydrogen) atoms. The number of hydrogen-bond acceptors (Lipinski definition) is 4. The first-order valence-corrected chi connectivity index (χ1v) is 5.22. The average molecular weight is 203 g/mol. The van der Waals surface area contributed by atoms with Gasteiger partial charge < -0.3 is 9.79 Å². The van der Waals surface area contributed by atoms with Gasteiger partial charge >= 0.3 is 16.0 Å². The third-order valence-corrected chi connectivity index (χ3v) is 2.71. The van der Waals surface area contributed by atoms with Crippen LogP contribution >= 0.6 is 16.0 Å². The Hall–Kier alpha value is -0.190. The predicted molar refractivity (Wildman–Crippen MR) is 35.9 cm³/mol. The number of hydrogen-bond donors (Lipinski definition) is 3. The van der Waals surface area contributed by atoms with E-state index < -0.39 is 21.9 Å². The van der Waals surface area contributed by atoms with Gasteiger partial charge in [-0.15, -0.1) is 0 Å². The number of nitrogens with one attached hydrogen (secondary N) is 1. The van der Waals surface area contributed by atoms with Gasteiger partial charge in [0.25, 0.3) is 0 Å². The van der Waals surface area contributed by atoms with Crippen LogP contribution in [-0.2, 0) is 18.2 Å². The Morgan fingerprint density at radius 2 is 2.18 bits per heavy atom. The zero-order valence-corrected chi connectivity index (χ0v) is 7.37. The van der Waals surface area contributed by atoms with Crippen molar-refractivity contribution in [3.8, 4) is 0 Å². The molecule has 0 bridgehead atoms. The lowest BCUT2D eigenvalue weighted by atomic mass is 10.8. The zero-order chi connectivity index (χ0) is 9.07. The Labute approximate surface area is 62.9 Å². The van der Waals surface area contributed by atoms with E-state index >= 15 is 0 Å². The molecule has 0 saturated carbocycles. The van der Waals surface area contributed by atoms with Gasteiger partial charge in [0.15, 0.2) is 0 Å². The summed E-state index contributed by atoms with van der Waals surface area (Å²) in [5, 5.41) is 1.47. The molecule has 2 atom stereocenters. The summed E-state index contributed by atoms with van der Waals surface area (Å²) >= 11 is 0. The summed E-state index contributed by atoms with van der Waals surface area (Å²) in [5.74, 6) is -0.820. The molecular formula is C2H7NO6P2. The molecule has 3 N–H and O–H groups in total. The fourth-order valence-electron chi connectivity index (χ4n) is 0.328. The minimum atomic E-state index is -4.42. The summed E-state index contributed by atoms with van der Waals surface area (Å²) in [4.78, 5) is 26.7. The average Bonchev–Trinajstić information content (AvgIpc) is 1.53. The third-order valence-electron chi connectivity index (χ3n) is 0.501. The summed E-state index contributed by atoms with van der Waals surface area (Å²) in [6, 6.07) is 0. The van der Waals surface area contributed by atoms with Crippen LogP contribution in [-0.4, -0.2) is 15.7 Å². The molecule has 0 saturated heterocycles. The second-order valence-electron chi connectivity index (χ2n) is 1.55. The SMILES string of the molecule is CC(=O)NP(=O)(O)O[PH](=O)O. The highest BCUT2D eigenvalue weighted by atomic mass is 31.2. The Bertz CT molecular complexity index is 205. The van der Waals surface area contributed by atoms with Crippen LogP contribution in [0.3, 0.4) is 0 Å². The standard InChI is InChI=1S/C2H7NO6P2/c1-2(4)3-11(7,8)9-10(5)6/h10H,1H3,(H,5,6)(H2,3,4,7,8). The van der Waals surface area contributed by atoms with E-state index in [-0.39, 0.29) is 0 Å². The minimum Gasteiger partial charge on any atom is -0.326 e. The van der Waals surface area contributed by atoms with Crippen LogP contribution in [0.2, 0.25) is 0 Å². The molecule has 0 radical (unpaired) electrons. The summed E-state index contributed by atoms with van der Waals surface area (Å²) in [5.41, 5.74) is 0. The molecule has 0 aliphatic rings. The maximum Gasteiger partial charge on any atom is 0.439 e. The van der Waals surface area contributed by atoms with Crippen LogP contribution in [0.25, 0.3) is 0 Å². The molecule has 1 amide bonds. The van der Waals surface area contributed by atoms with Gasteiger partial charge in [-0.3, -0.25) is 14.4 Å². The van der Waals surface area contributed by atoms with Gasteiger partial charge in [-0.05, 0) is 0 Å². The lowest BCUT2D eigenvalue weighted by Crippen LogP contribution is -2.16. The van der Waals surface area contributed by atoms with Crippen molar-refractivity contribution in [3.05, 3.63) is 0 Å². The van der Waals surface area contributed by atoms with Crippen LogP contribution in [0.15, 0.2) is 0 Å². The highest BCUT2D eigenvalue weighted by Crippen LogP contribution is 2.45. The van der Waals surface area contributed by atoms with Crippen LogP contribution in [0.1, 0.15) is 6.92 Å². The van der Waals surface area contributed by atoms with E-state index in [9.17, 15) is 13.9 Å². The second-order valence-corrected chi connectivity index (χ2v) is 4.07. The van der Waals surface area contributed by atoms with Gasteiger partial charge in [-0.25, -0.2) is 8.88 Å². The summed E-state index contributed by atoms with van der Waals surface area (Å²) < 4.78 is 24.0. The quantitative estimate of drug-likeness (QED) is 0.539. The first-order valence-electron chi connectivity index (χ1n) is 2.37. The van der Waals surface area contributed by atoms with E-state index in [4.69, 9.17) is 9.79 Å². The number of carbonyl (C=O) groups is 1. The molecule has 0 heterocycles. The molecule has 0 rings (SSSR count). The minimum absolute atomic E-state index is 0.820. The fraction of sp³-hybridized carbons (Fsp3) is 0.500. The summed E-state index contributed by atoms with van der Waals surface area (Å²) in [6.07, 6.45) is 0. The van der Waals surface area contributed by atoms with Gasteiger partial charge in [-0.1, -0.05) is 0 Å². The van der Waals surface area contributed by atoms with Crippen LogP contribution < -0.4 is 5.09 Å². The molecule has 0 fully saturated rings. The van der Waals surface area contributed by atoms with Crippen LogP contribution in [0.5, 0.6) is 0 Å². The van der Waals surface area contributed by atoms with E-state index in [1.165, 1.54) is 5.09 Å². The Kier molecular flexibility index (Phi) is 3.92. The first-order chi connectivity index (χ1) is 4.83. The van der Waals surface area contributed by atoms with E-state index in [1.54, 1.807) is 0 Å². The highest BCUT2D eigenvalue weighted by molar-refractivity contribution is 7.58. The van der Waals surface area contributed by atoms with Crippen LogP contribution in [0.4, 0.5) is 0 Å². The topological polar surface area (TPSA) is 113 Å². The van der Waals surface area contributed by atoms with E-state index in [0.29, 0.717) is 0 Å². The Morgan fingerprint density at radius 3 is 2.45 bits per heavy atom. The molecule has 0 aromatic carbocycles. The maximum atomic E-state index is 10.5. The lowest BCUT2D eigenvalue weighted by Gasteiger charge is -2.07. The third kappa shape index (κ3) is 6.22. The van der Waals surface area contributed by atoms with Gasteiger partial charge in [-0.2, -0.15) is 0 Å². The second kappa shape index (κ2) is 3.99. The van der Waals surface area contributed by atoms with Crippen LogP contribution in [0, 0.1) is 0 Å². The predicted octanol–water partition coefficient (Wildman–Crippen LogP) is -0.379. The van der Waals surface area contributed by atoms with E-state index in [0.717, 1.165) is 6.92 Å². The maximum absolute atomic E-state index is 10.5. The normalized spacial score (nSPS) is 18.5. The molecule has 0 aromatic heterocycles. The van der Waals surface area contributed by atoms with Crippen molar-refractivity contribution in [2.75, 3.05) is 0 Å².